The molecule has 1 unspecified atom stereocenters. The number of benzene rings is 1. The summed E-state index contributed by atoms with van der Waals surface area (Å²) in [5.41, 5.74) is 0.953. The number of rotatable bonds is 7. The van der Waals surface area contributed by atoms with E-state index in [1.165, 1.54) is 0 Å². The van der Waals surface area contributed by atoms with E-state index in [1.807, 2.05) is 37.8 Å². The zero-order valence-electron chi connectivity index (χ0n) is 12.2. The summed E-state index contributed by atoms with van der Waals surface area (Å²) < 4.78 is 0. The molecule has 0 bridgehead atoms. The topological polar surface area (TPSA) is 32.3 Å². The second-order valence-corrected chi connectivity index (χ2v) is 5.42. The Labute approximate surface area is 131 Å². The van der Waals surface area contributed by atoms with Crippen LogP contribution in [0, 0.1) is 0 Å². The van der Waals surface area contributed by atoms with Gasteiger partial charge in [-0.25, -0.2) is 0 Å². The van der Waals surface area contributed by atoms with Crippen LogP contribution in [0.1, 0.15) is 38.8 Å². The number of halogens is 2. The van der Waals surface area contributed by atoms with Crippen LogP contribution in [-0.2, 0) is 4.79 Å². The average molecular weight is 317 g/mol. The van der Waals surface area contributed by atoms with Gasteiger partial charge in [0.25, 0.3) is 0 Å². The summed E-state index contributed by atoms with van der Waals surface area (Å²) in [6.45, 7) is 8.13. The SMILES string of the molecule is CCN(CC)C(=O)CCNC(C)c1cccc(Cl)c1Cl. The number of amides is 1. The highest BCUT2D eigenvalue weighted by Crippen LogP contribution is 2.29. The number of carbonyl (C=O) groups is 1. The number of nitrogens with zero attached hydrogens (tertiary/aromatic N) is 1. The Morgan fingerprint density at radius 1 is 1.30 bits per heavy atom. The lowest BCUT2D eigenvalue weighted by atomic mass is 10.1. The molecular weight excluding hydrogens is 295 g/mol. The fourth-order valence-electron chi connectivity index (χ4n) is 2.09. The maximum absolute atomic E-state index is 11.9. The maximum Gasteiger partial charge on any atom is 0.223 e. The highest BCUT2D eigenvalue weighted by Gasteiger charge is 2.13. The number of hydrogen-bond acceptors (Lipinski definition) is 2. The third-order valence-corrected chi connectivity index (χ3v) is 4.19. The van der Waals surface area contributed by atoms with E-state index in [0.29, 0.717) is 23.0 Å². The van der Waals surface area contributed by atoms with Gasteiger partial charge >= 0.3 is 0 Å². The maximum atomic E-state index is 11.9. The van der Waals surface area contributed by atoms with Crippen molar-refractivity contribution in [2.75, 3.05) is 19.6 Å². The molecule has 0 radical (unpaired) electrons. The van der Waals surface area contributed by atoms with Crippen molar-refractivity contribution in [3.63, 3.8) is 0 Å². The van der Waals surface area contributed by atoms with Gasteiger partial charge in [-0.1, -0.05) is 35.3 Å². The molecule has 3 nitrogen and oxygen atoms in total. The lowest BCUT2D eigenvalue weighted by molar-refractivity contribution is -0.130. The molecule has 20 heavy (non-hydrogen) atoms. The molecule has 0 saturated carbocycles. The largest absolute Gasteiger partial charge is 0.343 e. The lowest BCUT2D eigenvalue weighted by Crippen LogP contribution is -2.33. The fourth-order valence-corrected chi connectivity index (χ4v) is 2.57. The second-order valence-electron chi connectivity index (χ2n) is 4.63. The summed E-state index contributed by atoms with van der Waals surface area (Å²) in [6, 6.07) is 5.65. The third kappa shape index (κ3) is 4.65. The van der Waals surface area contributed by atoms with Crippen LogP contribution in [0.3, 0.4) is 0 Å². The molecule has 1 atom stereocenters. The van der Waals surface area contributed by atoms with Gasteiger partial charge in [-0.2, -0.15) is 0 Å². The molecule has 0 aliphatic rings. The highest BCUT2D eigenvalue weighted by atomic mass is 35.5. The van der Waals surface area contributed by atoms with Crippen molar-refractivity contribution in [2.24, 2.45) is 0 Å². The molecule has 1 aromatic carbocycles. The van der Waals surface area contributed by atoms with E-state index in [-0.39, 0.29) is 11.9 Å². The normalized spacial score (nSPS) is 12.2. The van der Waals surface area contributed by atoms with Crippen molar-refractivity contribution in [1.29, 1.82) is 0 Å². The quantitative estimate of drug-likeness (QED) is 0.827. The van der Waals surface area contributed by atoms with Crippen molar-refractivity contribution in [1.82, 2.24) is 10.2 Å². The number of nitrogens with one attached hydrogen (secondary N) is 1. The van der Waals surface area contributed by atoms with Gasteiger partial charge in [0.15, 0.2) is 0 Å². The molecule has 5 heteroatoms. The van der Waals surface area contributed by atoms with Crippen LogP contribution >= 0.6 is 23.2 Å². The molecule has 0 fully saturated rings. The Hall–Kier alpha value is -0.770. The predicted octanol–water partition coefficient (Wildman–Crippen LogP) is 3.90. The van der Waals surface area contributed by atoms with Crippen LogP contribution in [0.25, 0.3) is 0 Å². The van der Waals surface area contributed by atoms with E-state index in [4.69, 9.17) is 23.2 Å². The van der Waals surface area contributed by atoms with Crippen LogP contribution in [0.4, 0.5) is 0 Å². The fraction of sp³-hybridized carbons (Fsp3) is 0.533. The van der Waals surface area contributed by atoms with E-state index in [9.17, 15) is 4.79 Å². The van der Waals surface area contributed by atoms with Gasteiger partial charge in [0.05, 0.1) is 10.0 Å². The lowest BCUT2D eigenvalue weighted by Gasteiger charge is -2.20. The van der Waals surface area contributed by atoms with E-state index in [2.05, 4.69) is 5.32 Å². The van der Waals surface area contributed by atoms with Crippen LogP contribution < -0.4 is 5.32 Å². The van der Waals surface area contributed by atoms with Crippen molar-refractivity contribution in [3.8, 4) is 0 Å². The Kier molecular flexibility index (Phi) is 7.35. The van der Waals surface area contributed by atoms with Crippen LogP contribution in [0.5, 0.6) is 0 Å². The van der Waals surface area contributed by atoms with E-state index in [1.54, 1.807) is 6.07 Å². The van der Waals surface area contributed by atoms with Gasteiger partial charge in [-0.3, -0.25) is 4.79 Å². The molecular formula is C15H22Cl2N2O. The van der Waals surface area contributed by atoms with Crippen LogP contribution in [0.2, 0.25) is 10.0 Å². The Morgan fingerprint density at radius 3 is 2.55 bits per heavy atom. The minimum atomic E-state index is 0.0608. The summed E-state index contributed by atoms with van der Waals surface area (Å²) in [4.78, 5) is 13.7. The molecule has 0 saturated heterocycles. The summed E-state index contributed by atoms with van der Waals surface area (Å²) in [5.74, 6) is 0.173. The molecule has 112 valence electrons. The van der Waals surface area contributed by atoms with Crippen LogP contribution in [0.15, 0.2) is 18.2 Å². The molecule has 0 aromatic heterocycles. The third-order valence-electron chi connectivity index (χ3n) is 3.35. The summed E-state index contributed by atoms with van der Waals surface area (Å²) in [5, 5.41) is 4.44. The summed E-state index contributed by atoms with van der Waals surface area (Å²) >= 11 is 12.2. The molecule has 0 spiro atoms. The Balaban J connectivity index is 2.50. The first kappa shape index (κ1) is 17.3. The number of carbonyl (C=O) groups excluding carboxylic acids is 1. The molecule has 1 aromatic rings. The van der Waals surface area contributed by atoms with Gasteiger partial charge in [-0.05, 0) is 32.4 Å². The number of hydrogen-bond donors (Lipinski definition) is 1. The van der Waals surface area contributed by atoms with Gasteiger partial charge in [-0.15, -0.1) is 0 Å². The van der Waals surface area contributed by atoms with Crippen molar-refractivity contribution in [2.45, 2.75) is 33.2 Å². The standard InChI is InChI=1S/C15H22Cl2N2O/c1-4-19(5-2)14(20)9-10-18-11(3)12-7-6-8-13(16)15(12)17/h6-8,11,18H,4-5,9-10H2,1-3H3. The minimum absolute atomic E-state index is 0.0608. The van der Waals surface area contributed by atoms with Gasteiger partial charge < -0.3 is 10.2 Å². The molecule has 1 N–H and O–H groups in total. The van der Waals surface area contributed by atoms with Crippen molar-refractivity contribution < 1.29 is 4.79 Å². The highest BCUT2D eigenvalue weighted by molar-refractivity contribution is 6.42. The zero-order valence-corrected chi connectivity index (χ0v) is 13.8. The molecule has 1 amide bonds. The van der Waals surface area contributed by atoms with E-state index >= 15 is 0 Å². The predicted molar refractivity (Wildman–Crippen MR) is 85.4 cm³/mol. The van der Waals surface area contributed by atoms with Crippen molar-refractivity contribution >= 4 is 29.1 Å². The molecule has 1 rings (SSSR count). The monoisotopic (exact) mass is 316 g/mol. The second kappa shape index (κ2) is 8.50. The first-order valence-corrected chi connectivity index (χ1v) is 7.71. The molecule has 0 heterocycles. The van der Waals surface area contributed by atoms with Crippen molar-refractivity contribution in [3.05, 3.63) is 33.8 Å². The molecule has 0 aliphatic heterocycles. The zero-order chi connectivity index (χ0) is 15.1. The van der Waals surface area contributed by atoms with Crippen LogP contribution in [-0.4, -0.2) is 30.4 Å². The summed E-state index contributed by atoms with van der Waals surface area (Å²) in [6.07, 6.45) is 0.490. The smallest absolute Gasteiger partial charge is 0.223 e. The van der Waals surface area contributed by atoms with Gasteiger partial charge in [0.1, 0.15) is 0 Å². The Morgan fingerprint density at radius 2 is 1.95 bits per heavy atom. The average Bonchev–Trinajstić information content (AvgIpc) is 2.43. The van der Waals surface area contributed by atoms with Gasteiger partial charge in [0.2, 0.25) is 5.91 Å². The Bertz CT molecular complexity index is 447. The van der Waals surface area contributed by atoms with E-state index in [0.717, 1.165) is 18.7 Å². The minimum Gasteiger partial charge on any atom is -0.343 e. The van der Waals surface area contributed by atoms with Gasteiger partial charge in [0, 0.05) is 32.1 Å². The molecule has 0 aliphatic carbocycles. The first-order valence-electron chi connectivity index (χ1n) is 6.96. The summed E-state index contributed by atoms with van der Waals surface area (Å²) in [7, 11) is 0. The first-order chi connectivity index (χ1) is 9.51. The van der Waals surface area contributed by atoms with E-state index < -0.39 is 0 Å².